The topological polar surface area (TPSA) is 29.5 Å². The molecule has 0 spiro atoms. The van der Waals surface area contributed by atoms with Crippen LogP contribution in [-0.4, -0.2) is 11.7 Å². The number of aliphatic hydroxyl groups excluding tert-OH is 1. The molecule has 2 aromatic carbocycles. The number of aliphatic hydroxyl groups is 1. The Morgan fingerprint density at radius 1 is 1.29 bits per heavy atom. The summed E-state index contributed by atoms with van der Waals surface area (Å²) >= 11 is 9.60. The van der Waals surface area contributed by atoms with Gasteiger partial charge in [0.25, 0.3) is 0 Å². The number of rotatable bonds is 3. The molecule has 0 aliphatic carbocycles. The van der Waals surface area contributed by atoms with Crippen molar-refractivity contribution in [1.82, 2.24) is 0 Å². The lowest BCUT2D eigenvalue weighted by atomic mass is 9.92. The summed E-state index contributed by atoms with van der Waals surface area (Å²) in [4.78, 5) is 0. The smallest absolute Gasteiger partial charge is 0.0855 e. The number of hydrogen-bond acceptors (Lipinski definition) is 2. The monoisotopic (exact) mass is 366 g/mol. The Bertz CT molecular complexity index is 644. The molecule has 21 heavy (non-hydrogen) atoms. The summed E-state index contributed by atoms with van der Waals surface area (Å²) in [5, 5.41) is 11.1. The molecule has 0 fully saturated rings. The first-order valence-corrected chi connectivity index (χ1v) is 8.14. The van der Waals surface area contributed by atoms with Crippen molar-refractivity contribution in [2.24, 2.45) is 0 Å². The van der Waals surface area contributed by atoms with Crippen molar-refractivity contribution in [1.29, 1.82) is 0 Å². The highest BCUT2D eigenvalue weighted by atomic mass is 79.9. The van der Waals surface area contributed by atoms with Crippen molar-refractivity contribution in [2.45, 2.75) is 25.0 Å². The van der Waals surface area contributed by atoms with E-state index in [-0.39, 0.29) is 6.10 Å². The summed E-state index contributed by atoms with van der Waals surface area (Å²) in [5.41, 5.74) is 3.22. The highest BCUT2D eigenvalue weighted by Crippen LogP contribution is 2.36. The summed E-state index contributed by atoms with van der Waals surface area (Å²) < 4.78 is 6.76. The fourth-order valence-corrected chi connectivity index (χ4v) is 3.39. The van der Waals surface area contributed by atoms with Crippen molar-refractivity contribution in [2.75, 3.05) is 6.61 Å². The highest BCUT2D eigenvalue weighted by Gasteiger charge is 2.24. The number of halogens is 2. The van der Waals surface area contributed by atoms with E-state index in [1.54, 1.807) is 6.07 Å². The molecule has 0 radical (unpaired) electrons. The van der Waals surface area contributed by atoms with Gasteiger partial charge in [0.2, 0.25) is 0 Å². The number of fused-ring (bicyclic) bond motifs is 1. The molecular weight excluding hydrogens is 352 g/mol. The second-order valence-electron chi connectivity index (χ2n) is 5.23. The quantitative estimate of drug-likeness (QED) is 0.841. The zero-order valence-electron chi connectivity index (χ0n) is 11.4. The van der Waals surface area contributed by atoms with Gasteiger partial charge in [0, 0.05) is 21.5 Å². The lowest BCUT2D eigenvalue weighted by Gasteiger charge is -2.28. The van der Waals surface area contributed by atoms with Crippen LogP contribution in [0.3, 0.4) is 0 Å². The minimum absolute atomic E-state index is 0.0833. The van der Waals surface area contributed by atoms with Crippen LogP contribution in [0.25, 0.3) is 0 Å². The van der Waals surface area contributed by atoms with E-state index < -0.39 is 6.10 Å². The highest BCUT2D eigenvalue weighted by molar-refractivity contribution is 9.10. The molecular formula is C17H16BrClO2. The second-order valence-corrected chi connectivity index (χ2v) is 6.55. The van der Waals surface area contributed by atoms with Gasteiger partial charge in [0.05, 0.1) is 18.8 Å². The van der Waals surface area contributed by atoms with Gasteiger partial charge < -0.3 is 9.84 Å². The molecule has 1 aliphatic heterocycles. The van der Waals surface area contributed by atoms with E-state index in [0.29, 0.717) is 18.1 Å². The Morgan fingerprint density at radius 2 is 2.10 bits per heavy atom. The molecule has 110 valence electrons. The van der Waals surface area contributed by atoms with Crippen molar-refractivity contribution in [3.63, 3.8) is 0 Å². The third-order valence-electron chi connectivity index (χ3n) is 3.85. The molecule has 0 bridgehead atoms. The van der Waals surface area contributed by atoms with Gasteiger partial charge in [-0.1, -0.05) is 51.8 Å². The molecule has 2 atom stereocenters. The summed E-state index contributed by atoms with van der Waals surface area (Å²) in [6, 6.07) is 13.8. The van der Waals surface area contributed by atoms with Gasteiger partial charge >= 0.3 is 0 Å². The standard InChI is InChI=1S/C17H16BrClO2/c18-12-5-6-15(19)14(9-12)16(20)10-17-13-4-2-1-3-11(13)7-8-21-17/h1-6,9,16-17,20H,7-8,10H2. The molecule has 1 N–H and O–H groups in total. The number of ether oxygens (including phenoxy) is 1. The normalized spacial score (nSPS) is 19.1. The van der Waals surface area contributed by atoms with Gasteiger partial charge in [-0.2, -0.15) is 0 Å². The second kappa shape index (κ2) is 6.49. The summed E-state index contributed by atoms with van der Waals surface area (Å²) in [6.07, 6.45) is 0.708. The Balaban J connectivity index is 1.82. The van der Waals surface area contributed by atoms with E-state index in [4.69, 9.17) is 16.3 Å². The molecule has 0 saturated carbocycles. The van der Waals surface area contributed by atoms with Crippen molar-refractivity contribution in [3.05, 3.63) is 68.7 Å². The average Bonchev–Trinajstić information content (AvgIpc) is 2.50. The van der Waals surface area contributed by atoms with Gasteiger partial charge in [0.15, 0.2) is 0 Å². The molecule has 1 aliphatic rings. The first-order valence-electron chi connectivity index (χ1n) is 6.97. The van der Waals surface area contributed by atoms with Crippen LogP contribution in [0.1, 0.15) is 35.3 Å². The van der Waals surface area contributed by atoms with Gasteiger partial charge in [-0.05, 0) is 35.7 Å². The van der Waals surface area contributed by atoms with Gasteiger partial charge in [-0.25, -0.2) is 0 Å². The van der Waals surface area contributed by atoms with E-state index in [0.717, 1.165) is 16.5 Å². The van der Waals surface area contributed by atoms with Crippen LogP contribution in [0.2, 0.25) is 5.02 Å². The SMILES string of the molecule is OC(CC1OCCc2ccccc21)c1cc(Br)ccc1Cl. The Labute approximate surface area is 137 Å². The summed E-state index contributed by atoms with van der Waals surface area (Å²) in [7, 11) is 0. The van der Waals surface area contributed by atoms with Crippen LogP contribution in [0.4, 0.5) is 0 Å². The van der Waals surface area contributed by atoms with Crippen LogP contribution in [0.15, 0.2) is 46.9 Å². The molecule has 1 heterocycles. The van der Waals surface area contributed by atoms with Crippen LogP contribution >= 0.6 is 27.5 Å². The number of benzene rings is 2. The molecule has 4 heteroatoms. The van der Waals surface area contributed by atoms with Gasteiger partial charge in [0.1, 0.15) is 0 Å². The third-order valence-corrected chi connectivity index (χ3v) is 4.68. The van der Waals surface area contributed by atoms with Crippen molar-refractivity contribution >= 4 is 27.5 Å². The summed E-state index contributed by atoms with van der Waals surface area (Å²) in [5.74, 6) is 0. The maximum atomic E-state index is 10.5. The first-order chi connectivity index (χ1) is 10.1. The largest absolute Gasteiger partial charge is 0.388 e. The lowest BCUT2D eigenvalue weighted by Crippen LogP contribution is -2.18. The minimum Gasteiger partial charge on any atom is -0.388 e. The van der Waals surface area contributed by atoms with E-state index in [9.17, 15) is 5.11 Å². The molecule has 2 nitrogen and oxygen atoms in total. The van der Waals surface area contributed by atoms with E-state index in [1.165, 1.54) is 11.1 Å². The van der Waals surface area contributed by atoms with Crippen LogP contribution in [0.5, 0.6) is 0 Å². The Kier molecular flexibility index (Phi) is 4.65. The van der Waals surface area contributed by atoms with E-state index in [2.05, 4.69) is 28.1 Å². The molecule has 2 unspecified atom stereocenters. The third kappa shape index (κ3) is 3.32. The molecule has 0 aromatic heterocycles. The number of hydrogen-bond donors (Lipinski definition) is 1. The van der Waals surface area contributed by atoms with Gasteiger partial charge in [-0.3, -0.25) is 0 Å². The van der Waals surface area contributed by atoms with Crippen LogP contribution < -0.4 is 0 Å². The first kappa shape index (κ1) is 15.0. The summed E-state index contributed by atoms with van der Waals surface area (Å²) in [6.45, 7) is 0.695. The van der Waals surface area contributed by atoms with Crippen LogP contribution in [0, 0.1) is 0 Å². The lowest BCUT2D eigenvalue weighted by molar-refractivity contribution is 0.00378. The average molecular weight is 368 g/mol. The molecule has 0 saturated heterocycles. The minimum atomic E-state index is -0.647. The Morgan fingerprint density at radius 3 is 2.95 bits per heavy atom. The van der Waals surface area contributed by atoms with Crippen molar-refractivity contribution < 1.29 is 9.84 Å². The molecule has 0 amide bonds. The van der Waals surface area contributed by atoms with E-state index in [1.807, 2.05) is 24.3 Å². The zero-order chi connectivity index (χ0) is 14.8. The maximum Gasteiger partial charge on any atom is 0.0855 e. The predicted molar refractivity (Wildman–Crippen MR) is 87.6 cm³/mol. The van der Waals surface area contributed by atoms with Crippen molar-refractivity contribution in [3.8, 4) is 0 Å². The predicted octanol–water partition coefficient (Wildman–Crippen LogP) is 4.84. The molecule has 2 aromatic rings. The fraction of sp³-hybridized carbons (Fsp3) is 0.294. The molecule has 3 rings (SSSR count). The maximum absolute atomic E-state index is 10.5. The van der Waals surface area contributed by atoms with E-state index >= 15 is 0 Å². The zero-order valence-corrected chi connectivity index (χ0v) is 13.8. The fourth-order valence-electron chi connectivity index (χ4n) is 2.77. The van der Waals surface area contributed by atoms with Crippen LogP contribution in [-0.2, 0) is 11.2 Å². The van der Waals surface area contributed by atoms with Gasteiger partial charge in [-0.15, -0.1) is 0 Å². The Hall–Kier alpha value is -0.870.